The van der Waals surface area contributed by atoms with Crippen molar-refractivity contribution < 1.29 is 14.4 Å². The third-order valence-electron chi connectivity index (χ3n) is 4.28. The molecule has 122 valence electrons. The Bertz CT molecular complexity index is 797. The molecule has 0 saturated heterocycles. The summed E-state index contributed by atoms with van der Waals surface area (Å²) in [4.78, 5) is 37.5. The van der Waals surface area contributed by atoms with Gasteiger partial charge in [-0.25, -0.2) is 0 Å². The van der Waals surface area contributed by atoms with Crippen LogP contribution in [0.25, 0.3) is 0 Å². The molecule has 1 aliphatic carbocycles. The average molecular weight is 361 g/mol. The Morgan fingerprint density at radius 1 is 0.875 bits per heavy atom. The zero-order chi connectivity index (χ0) is 17.3. The summed E-state index contributed by atoms with van der Waals surface area (Å²) in [5.41, 5.74) is 1.17. The smallest absolute Gasteiger partial charge is 0.180 e. The monoisotopic (exact) mass is 360 g/mol. The first kappa shape index (κ1) is 16.9. The van der Waals surface area contributed by atoms with E-state index in [4.69, 9.17) is 23.2 Å². The van der Waals surface area contributed by atoms with E-state index in [9.17, 15) is 14.4 Å². The van der Waals surface area contributed by atoms with E-state index in [1.54, 1.807) is 0 Å². The number of halogens is 2. The van der Waals surface area contributed by atoms with Gasteiger partial charge in [0.25, 0.3) is 0 Å². The number of rotatable bonds is 3. The number of carbonyl (C=O) groups is 3. The van der Waals surface area contributed by atoms with Gasteiger partial charge in [-0.3, -0.25) is 14.4 Å². The quantitative estimate of drug-likeness (QED) is 0.597. The van der Waals surface area contributed by atoms with Crippen molar-refractivity contribution in [3.63, 3.8) is 0 Å². The molecule has 0 aliphatic heterocycles. The second-order valence-electron chi connectivity index (χ2n) is 5.87. The van der Waals surface area contributed by atoms with Gasteiger partial charge in [-0.15, -0.1) is 0 Å². The van der Waals surface area contributed by atoms with Gasteiger partial charge in [-0.2, -0.15) is 0 Å². The first-order chi connectivity index (χ1) is 11.5. The fourth-order valence-corrected chi connectivity index (χ4v) is 3.34. The van der Waals surface area contributed by atoms with Crippen molar-refractivity contribution in [2.75, 3.05) is 0 Å². The summed E-state index contributed by atoms with van der Waals surface area (Å²) in [5.74, 6) is -2.58. The number of hydrogen-bond acceptors (Lipinski definition) is 3. The van der Waals surface area contributed by atoms with E-state index >= 15 is 0 Å². The van der Waals surface area contributed by atoms with Crippen LogP contribution in [0, 0.1) is 5.92 Å². The predicted octanol–water partition coefficient (Wildman–Crippen LogP) is 4.51. The van der Waals surface area contributed by atoms with Crippen LogP contribution in [0.2, 0.25) is 10.0 Å². The van der Waals surface area contributed by atoms with Gasteiger partial charge in [0.1, 0.15) is 5.92 Å². The first-order valence-corrected chi connectivity index (χ1v) is 8.32. The molecule has 2 aromatic carbocycles. The molecule has 1 aliphatic rings. The topological polar surface area (TPSA) is 51.2 Å². The summed E-state index contributed by atoms with van der Waals surface area (Å²) in [5, 5.41) is 0.541. The second-order valence-corrected chi connectivity index (χ2v) is 6.69. The van der Waals surface area contributed by atoms with Gasteiger partial charge in [0.2, 0.25) is 0 Å². The summed E-state index contributed by atoms with van der Waals surface area (Å²) in [6.45, 7) is 0. The van der Waals surface area contributed by atoms with Gasteiger partial charge in [0.15, 0.2) is 17.3 Å². The fourth-order valence-electron chi connectivity index (χ4n) is 3.04. The SMILES string of the molecule is O=C1CC(c2ccccc2)CC(=O)C1C(=O)c1ccc(Cl)c(Cl)c1. The molecule has 2 aromatic rings. The van der Waals surface area contributed by atoms with Crippen LogP contribution in [0.5, 0.6) is 0 Å². The molecule has 0 atom stereocenters. The standard InChI is InChI=1S/C19H14Cl2O3/c20-14-7-6-12(8-15(14)21)19(24)18-16(22)9-13(10-17(18)23)11-4-2-1-3-5-11/h1-8,13,18H,9-10H2. The Labute approximate surface area is 149 Å². The van der Waals surface area contributed by atoms with Gasteiger partial charge in [0, 0.05) is 18.4 Å². The summed E-state index contributed by atoms with van der Waals surface area (Å²) in [7, 11) is 0. The van der Waals surface area contributed by atoms with Crippen molar-refractivity contribution in [2.45, 2.75) is 18.8 Å². The van der Waals surface area contributed by atoms with E-state index < -0.39 is 11.7 Å². The molecule has 0 unspecified atom stereocenters. The maximum absolute atomic E-state index is 12.6. The molecular weight excluding hydrogens is 347 g/mol. The van der Waals surface area contributed by atoms with Crippen molar-refractivity contribution in [2.24, 2.45) is 5.92 Å². The Morgan fingerprint density at radius 2 is 1.50 bits per heavy atom. The highest BCUT2D eigenvalue weighted by atomic mass is 35.5. The van der Waals surface area contributed by atoms with Crippen LogP contribution in [0.3, 0.4) is 0 Å². The number of Topliss-reactive ketones (excluding diaryl/α,β-unsaturated/α-hetero) is 3. The van der Waals surface area contributed by atoms with Crippen LogP contribution in [-0.2, 0) is 9.59 Å². The van der Waals surface area contributed by atoms with Crippen LogP contribution in [0.1, 0.15) is 34.7 Å². The maximum Gasteiger partial charge on any atom is 0.180 e. The molecule has 1 fully saturated rings. The maximum atomic E-state index is 12.6. The van der Waals surface area contributed by atoms with Gasteiger partial charge in [-0.05, 0) is 29.7 Å². The molecule has 0 bridgehead atoms. The summed E-state index contributed by atoms with van der Waals surface area (Å²) in [6.07, 6.45) is 0.376. The number of ketones is 3. The zero-order valence-corrected chi connectivity index (χ0v) is 14.2. The highest BCUT2D eigenvalue weighted by molar-refractivity contribution is 6.42. The summed E-state index contributed by atoms with van der Waals surface area (Å²) < 4.78 is 0. The zero-order valence-electron chi connectivity index (χ0n) is 12.7. The van der Waals surface area contributed by atoms with E-state index in [0.29, 0.717) is 5.02 Å². The minimum Gasteiger partial charge on any atom is -0.298 e. The van der Waals surface area contributed by atoms with Crippen molar-refractivity contribution in [3.8, 4) is 0 Å². The molecule has 0 amide bonds. The molecule has 24 heavy (non-hydrogen) atoms. The molecule has 3 nitrogen and oxygen atoms in total. The lowest BCUT2D eigenvalue weighted by Gasteiger charge is -2.26. The molecule has 5 heteroatoms. The normalized spacial score (nSPS) is 20.9. The molecule has 0 N–H and O–H groups in total. The first-order valence-electron chi connectivity index (χ1n) is 7.57. The van der Waals surface area contributed by atoms with Gasteiger partial charge in [-0.1, -0.05) is 53.5 Å². The number of benzene rings is 2. The molecule has 0 heterocycles. The number of carbonyl (C=O) groups excluding carboxylic acids is 3. The third-order valence-corrected chi connectivity index (χ3v) is 5.02. The highest BCUT2D eigenvalue weighted by Crippen LogP contribution is 2.33. The minimum atomic E-state index is -1.23. The van der Waals surface area contributed by atoms with Crippen LogP contribution < -0.4 is 0 Å². The van der Waals surface area contributed by atoms with E-state index in [-0.39, 0.29) is 40.9 Å². The van der Waals surface area contributed by atoms with Gasteiger partial charge < -0.3 is 0 Å². The van der Waals surface area contributed by atoms with Crippen LogP contribution in [-0.4, -0.2) is 17.3 Å². The molecule has 0 spiro atoms. The van der Waals surface area contributed by atoms with Crippen LogP contribution in [0.15, 0.2) is 48.5 Å². The average Bonchev–Trinajstić information content (AvgIpc) is 2.57. The highest BCUT2D eigenvalue weighted by Gasteiger charge is 2.40. The predicted molar refractivity (Wildman–Crippen MR) is 92.7 cm³/mol. The molecule has 1 saturated carbocycles. The second kappa shape index (κ2) is 6.88. The van der Waals surface area contributed by atoms with Gasteiger partial charge in [0.05, 0.1) is 10.0 Å². The third kappa shape index (κ3) is 3.28. The van der Waals surface area contributed by atoms with Crippen molar-refractivity contribution in [3.05, 3.63) is 69.7 Å². The Morgan fingerprint density at radius 3 is 2.08 bits per heavy atom. The van der Waals surface area contributed by atoms with Crippen LogP contribution >= 0.6 is 23.2 Å². The van der Waals surface area contributed by atoms with Gasteiger partial charge >= 0.3 is 0 Å². The Hall–Kier alpha value is -1.97. The van der Waals surface area contributed by atoms with Crippen LogP contribution in [0.4, 0.5) is 0 Å². The van der Waals surface area contributed by atoms with Crippen molar-refractivity contribution in [1.29, 1.82) is 0 Å². The molecule has 3 rings (SSSR count). The largest absolute Gasteiger partial charge is 0.298 e. The van der Waals surface area contributed by atoms with E-state index in [1.165, 1.54) is 18.2 Å². The Balaban J connectivity index is 1.83. The minimum absolute atomic E-state index is 0.163. The van der Waals surface area contributed by atoms with E-state index in [0.717, 1.165) is 5.56 Å². The fraction of sp³-hybridized carbons (Fsp3) is 0.211. The van der Waals surface area contributed by atoms with E-state index in [1.807, 2.05) is 30.3 Å². The lowest BCUT2D eigenvalue weighted by molar-refractivity contribution is -0.133. The lowest BCUT2D eigenvalue weighted by atomic mass is 9.74. The van der Waals surface area contributed by atoms with Crippen molar-refractivity contribution in [1.82, 2.24) is 0 Å². The Kier molecular flexibility index (Phi) is 4.83. The number of hydrogen-bond donors (Lipinski definition) is 0. The molecule has 0 aromatic heterocycles. The lowest BCUT2D eigenvalue weighted by Crippen LogP contribution is -2.38. The van der Waals surface area contributed by atoms with Crippen molar-refractivity contribution >= 4 is 40.6 Å². The molecule has 0 radical (unpaired) electrons. The summed E-state index contributed by atoms with van der Waals surface area (Å²) in [6, 6.07) is 13.8. The van der Waals surface area contributed by atoms with E-state index in [2.05, 4.69) is 0 Å². The summed E-state index contributed by atoms with van der Waals surface area (Å²) >= 11 is 11.8. The molecular formula is C19H14Cl2O3.